The maximum absolute atomic E-state index is 11.8. The van der Waals surface area contributed by atoms with Crippen molar-refractivity contribution in [3.05, 3.63) is 64.8 Å². The third kappa shape index (κ3) is 3.22. The minimum atomic E-state index is -3.23. The Morgan fingerprint density at radius 3 is 2.64 bits per heavy atom. The Bertz CT molecular complexity index is 1190. The van der Waals surface area contributed by atoms with E-state index in [1.165, 1.54) is 17.5 Å². The van der Waals surface area contributed by atoms with Crippen molar-refractivity contribution in [1.29, 1.82) is 0 Å². The molecular formula is C22H23NO4S. The fraction of sp³-hybridized carbons (Fsp3) is 0.318. The summed E-state index contributed by atoms with van der Waals surface area (Å²) in [7, 11) is -3.23. The molecule has 0 saturated heterocycles. The van der Waals surface area contributed by atoms with Crippen LogP contribution in [0.1, 0.15) is 28.8 Å². The molecule has 5 nitrogen and oxygen atoms in total. The quantitative estimate of drug-likeness (QED) is 0.730. The summed E-state index contributed by atoms with van der Waals surface area (Å²) >= 11 is 0. The summed E-state index contributed by atoms with van der Waals surface area (Å²) in [4.78, 5) is 11.8. The number of benzene rings is 2. The Morgan fingerprint density at radius 2 is 1.96 bits per heavy atom. The van der Waals surface area contributed by atoms with Gasteiger partial charge in [0.2, 0.25) is 0 Å². The van der Waals surface area contributed by atoms with Gasteiger partial charge in [0.15, 0.2) is 9.84 Å². The Kier molecular flexibility index (Phi) is 4.54. The number of aromatic nitrogens is 1. The molecule has 1 aliphatic heterocycles. The number of sulfone groups is 1. The minimum absolute atomic E-state index is 0.335. The summed E-state index contributed by atoms with van der Waals surface area (Å²) in [5.74, 6) is -1.09. The van der Waals surface area contributed by atoms with Gasteiger partial charge in [0.25, 0.3) is 0 Å². The van der Waals surface area contributed by atoms with Crippen LogP contribution in [0.25, 0.3) is 10.9 Å². The molecule has 3 aromatic rings. The van der Waals surface area contributed by atoms with Crippen LogP contribution in [0.15, 0.2) is 47.4 Å². The lowest BCUT2D eigenvalue weighted by Crippen LogP contribution is -2.26. The number of hydrogen-bond acceptors (Lipinski definition) is 3. The van der Waals surface area contributed by atoms with Gasteiger partial charge in [-0.2, -0.15) is 0 Å². The predicted octanol–water partition coefficient (Wildman–Crippen LogP) is 3.59. The minimum Gasteiger partial charge on any atom is -0.481 e. The van der Waals surface area contributed by atoms with Crippen molar-refractivity contribution >= 4 is 26.7 Å². The van der Waals surface area contributed by atoms with Crippen LogP contribution in [0.3, 0.4) is 0 Å². The Balaban J connectivity index is 1.80. The van der Waals surface area contributed by atoms with Gasteiger partial charge < -0.3 is 9.67 Å². The van der Waals surface area contributed by atoms with E-state index in [0.29, 0.717) is 24.3 Å². The molecule has 1 aromatic heterocycles. The van der Waals surface area contributed by atoms with Gasteiger partial charge in [-0.05, 0) is 54.7 Å². The second-order valence-electron chi connectivity index (χ2n) is 7.66. The topological polar surface area (TPSA) is 76.4 Å². The van der Waals surface area contributed by atoms with Gasteiger partial charge in [-0.1, -0.05) is 24.3 Å². The standard InChI is InChI=1S/C22H23NO4S/c1-14-11-17(28(2,26)27)9-7-15(14)12-19-18-5-3-4-6-20(18)23-13-16(22(24)25)8-10-21(19)23/h3-7,9,11,16H,8,10,12-13H2,1-2H3,(H,24,25). The van der Waals surface area contributed by atoms with Crippen LogP contribution in [-0.2, 0) is 34.0 Å². The van der Waals surface area contributed by atoms with Crippen LogP contribution in [0.5, 0.6) is 0 Å². The number of carboxylic acids is 1. The molecule has 0 amide bonds. The van der Waals surface area contributed by atoms with Crippen molar-refractivity contribution in [3.63, 3.8) is 0 Å². The highest BCUT2D eigenvalue weighted by atomic mass is 32.2. The Morgan fingerprint density at radius 1 is 1.21 bits per heavy atom. The van der Waals surface area contributed by atoms with Gasteiger partial charge in [0, 0.05) is 35.8 Å². The van der Waals surface area contributed by atoms with E-state index in [2.05, 4.69) is 10.6 Å². The first-order chi connectivity index (χ1) is 13.3. The molecule has 0 fully saturated rings. The molecule has 146 valence electrons. The highest BCUT2D eigenvalue weighted by Crippen LogP contribution is 2.34. The lowest BCUT2D eigenvalue weighted by molar-refractivity contribution is -0.142. The number of nitrogens with zero attached hydrogens (tertiary/aromatic N) is 1. The number of fused-ring (bicyclic) bond motifs is 3. The van der Waals surface area contributed by atoms with Crippen molar-refractivity contribution in [2.45, 2.75) is 37.6 Å². The fourth-order valence-electron chi connectivity index (χ4n) is 4.23. The summed E-state index contributed by atoms with van der Waals surface area (Å²) in [6.45, 7) is 2.44. The SMILES string of the molecule is Cc1cc(S(C)(=O)=O)ccc1Cc1c2n(c3ccccc13)CC(C(=O)O)CC2. The van der Waals surface area contributed by atoms with Gasteiger partial charge >= 0.3 is 5.97 Å². The maximum atomic E-state index is 11.8. The Labute approximate surface area is 164 Å². The molecule has 2 aromatic carbocycles. The molecule has 1 aliphatic rings. The number of rotatable bonds is 4. The molecule has 1 N–H and O–H groups in total. The second kappa shape index (κ2) is 6.78. The molecule has 6 heteroatoms. The van der Waals surface area contributed by atoms with Crippen molar-refractivity contribution < 1.29 is 18.3 Å². The summed E-state index contributed by atoms with van der Waals surface area (Å²) in [5.41, 5.74) is 5.53. The molecular weight excluding hydrogens is 374 g/mol. The summed E-state index contributed by atoms with van der Waals surface area (Å²) in [5, 5.41) is 10.6. The van der Waals surface area contributed by atoms with E-state index >= 15 is 0 Å². The highest BCUT2D eigenvalue weighted by Gasteiger charge is 2.28. The summed E-state index contributed by atoms with van der Waals surface area (Å²) in [6.07, 6.45) is 3.31. The summed E-state index contributed by atoms with van der Waals surface area (Å²) < 4.78 is 25.8. The largest absolute Gasteiger partial charge is 0.481 e. The zero-order valence-corrected chi connectivity index (χ0v) is 16.8. The number of carboxylic acid groups (broad SMARTS) is 1. The number of aliphatic carboxylic acids is 1. The first-order valence-corrected chi connectivity index (χ1v) is 11.3. The average Bonchev–Trinajstić information content (AvgIpc) is 2.96. The molecule has 0 bridgehead atoms. The number of aryl methyl sites for hydroxylation is 1. The highest BCUT2D eigenvalue weighted by molar-refractivity contribution is 7.90. The summed E-state index contributed by atoms with van der Waals surface area (Å²) in [6, 6.07) is 13.4. The molecule has 2 heterocycles. The monoisotopic (exact) mass is 397 g/mol. The van der Waals surface area contributed by atoms with Crippen molar-refractivity contribution in [1.82, 2.24) is 4.57 Å². The molecule has 1 unspecified atom stereocenters. The van der Waals surface area contributed by atoms with E-state index in [9.17, 15) is 18.3 Å². The lowest BCUT2D eigenvalue weighted by atomic mass is 9.93. The van der Waals surface area contributed by atoms with E-state index < -0.39 is 15.8 Å². The molecule has 1 atom stereocenters. The fourth-order valence-corrected chi connectivity index (χ4v) is 4.94. The van der Waals surface area contributed by atoms with Gasteiger partial charge in [0.05, 0.1) is 10.8 Å². The predicted molar refractivity (Wildman–Crippen MR) is 108 cm³/mol. The smallest absolute Gasteiger partial charge is 0.308 e. The number of carbonyl (C=O) groups is 1. The molecule has 0 spiro atoms. The second-order valence-corrected chi connectivity index (χ2v) is 9.68. The number of hydrogen-bond donors (Lipinski definition) is 1. The van der Waals surface area contributed by atoms with Gasteiger partial charge in [-0.15, -0.1) is 0 Å². The van der Waals surface area contributed by atoms with E-state index in [1.54, 1.807) is 12.1 Å². The molecule has 4 rings (SSSR count). The van der Waals surface area contributed by atoms with Gasteiger partial charge in [-0.3, -0.25) is 4.79 Å². The molecule has 0 aliphatic carbocycles. The number of para-hydroxylation sites is 1. The van der Waals surface area contributed by atoms with Crippen molar-refractivity contribution in [3.8, 4) is 0 Å². The van der Waals surface area contributed by atoms with E-state index in [1.807, 2.05) is 31.2 Å². The first-order valence-electron chi connectivity index (χ1n) is 9.37. The van der Waals surface area contributed by atoms with Gasteiger partial charge in [0.1, 0.15) is 0 Å². The van der Waals surface area contributed by atoms with E-state index in [4.69, 9.17) is 0 Å². The van der Waals surface area contributed by atoms with Crippen LogP contribution >= 0.6 is 0 Å². The normalized spacial score (nSPS) is 16.9. The van der Waals surface area contributed by atoms with Crippen LogP contribution in [0, 0.1) is 12.8 Å². The van der Waals surface area contributed by atoms with Crippen LogP contribution in [-0.4, -0.2) is 30.3 Å². The van der Waals surface area contributed by atoms with Gasteiger partial charge in [-0.25, -0.2) is 8.42 Å². The zero-order chi connectivity index (χ0) is 20.1. The lowest BCUT2D eigenvalue weighted by Gasteiger charge is -2.23. The van der Waals surface area contributed by atoms with Crippen LogP contribution < -0.4 is 0 Å². The van der Waals surface area contributed by atoms with Crippen molar-refractivity contribution in [2.75, 3.05) is 6.26 Å². The third-order valence-corrected chi connectivity index (χ3v) is 6.90. The Hall–Kier alpha value is -2.60. The first kappa shape index (κ1) is 18.7. The maximum Gasteiger partial charge on any atom is 0.308 e. The molecule has 0 radical (unpaired) electrons. The molecule has 0 saturated carbocycles. The van der Waals surface area contributed by atoms with E-state index in [0.717, 1.165) is 28.5 Å². The van der Waals surface area contributed by atoms with Crippen LogP contribution in [0.4, 0.5) is 0 Å². The average molecular weight is 397 g/mol. The van der Waals surface area contributed by atoms with Crippen LogP contribution in [0.2, 0.25) is 0 Å². The zero-order valence-electron chi connectivity index (χ0n) is 16.0. The van der Waals surface area contributed by atoms with E-state index in [-0.39, 0.29) is 5.92 Å². The third-order valence-electron chi connectivity index (χ3n) is 5.79. The molecule has 28 heavy (non-hydrogen) atoms. The van der Waals surface area contributed by atoms with Crippen molar-refractivity contribution in [2.24, 2.45) is 5.92 Å².